The van der Waals surface area contributed by atoms with Crippen LogP contribution >= 0.6 is 0 Å². The van der Waals surface area contributed by atoms with Crippen molar-refractivity contribution < 1.29 is 0 Å². The summed E-state index contributed by atoms with van der Waals surface area (Å²) < 4.78 is 0. The topological polar surface area (TPSA) is 9.72 Å². The number of likely N-dealkylation sites (tertiary alicyclic amines) is 1. The highest BCUT2D eigenvalue weighted by molar-refractivity contribution is 5.21. The molecule has 1 aliphatic carbocycles. The van der Waals surface area contributed by atoms with E-state index in [1.54, 1.807) is 0 Å². The zero-order valence-electron chi connectivity index (χ0n) is 16.6. The van der Waals surface area contributed by atoms with Gasteiger partial charge in [-0.15, -0.1) is 0 Å². The highest BCUT2D eigenvalue weighted by atomic mass is 15.2. The van der Waals surface area contributed by atoms with Crippen LogP contribution in [-0.4, -0.2) is 67.6 Å². The summed E-state index contributed by atoms with van der Waals surface area (Å²) in [5.74, 6) is 0.877. The van der Waals surface area contributed by atoms with Crippen molar-refractivity contribution in [3.8, 4) is 0 Å². The molecule has 0 unspecified atom stereocenters. The maximum absolute atomic E-state index is 2.56. The molecule has 0 aromatic heterocycles. The Kier molecular flexibility index (Phi) is 8.93. The minimum Gasteiger partial charge on any atom is -0.377 e. The highest BCUT2D eigenvalue weighted by Gasteiger charge is 2.28. The lowest BCUT2D eigenvalue weighted by molar-refractivity contribution is 0.0467. The Morgan fingerprint density at radius 2 is 1.74 bits per heavy atom. The van der Waals surface area contributed by atoms with Crippen LogP contribution in [-0.2, 0) is 0 Å². The fourth-order valence-corrected chi connectivity index (χ4v) is 3.19. The first-order valence-electron chi connectivity index (χ1n) is 9.45. The zero-order chi connectivity index (χ0) is 17.4. The van der Waals surface area contributed by atoms with Crippen LogP contribution in [0.5, 0.6) is 0 Å². The molecule has 23 heavy (non-hydrogen) atoms. The molecule has 0 bridgehead atoms. The van der Waals surface area contributed by atoms with Crippen LogP contribution in [0.25, 0.3) is 0 Å². The molecule has 1 heterocycles. The van der Waals surface area contributed by atoms with Gasteiger partial charge in [0, 0.05) is 51.5 Å². The van der Waals surface area contributed by atoms with Crippen molar-refractivity contribution in [2.45, 2.75) is 53.5 Å². The number of hydrogen-bond donors (Lipinski definition) is 0. The molecule has 3 heteroatoms. The van der Waals surface area contributed by atoms with E-state index in [0.717, 1.165) is 19.0 Å². The van der Waals surface area contributed by atoms with Crippen molar-refractivity contribution in [1.82, 2.24) is 14.7 Å². The Labute approximate surface area is 145 Å². The van der Waals surface area contributed by atoms with E-state index < -0.39 is 0 Å². The van der Waals surface area contributed by atoms with E-state index in [1.165, 1.54) is 43.7 Å². The Hall–Kier alpha value is -0.800. The zero-order valence-corrected chi connectivity index (χ0v) is 16.6. The average Bonchev–Trinajstić information content (AvgIpc) is 2.50. The molecule has 134 valence electrons. The average molecular weight is 322 g/mol. The molecule has 0 N–H and O–H groups in total. The van der Waals surface area contributed by atoms with E-state index in [9.17, 15) is 0 Å². The molecular weight excluding hydrogens is 282 g/mol. The molecule has 0 spiro atoms. The van der Waals surface area contributed by atoms with E-state index in [1.807, 2.05) is 13.8 Å². The van der Waals surface area contributed by atoms with Crippen LogP contribution in [0.3, 0.4) is 0 Å². The Balaban J connectivity index is 0.00000127. The summed E-state index contributed by atoms with van der Waals surface area (Å²) in [4.78, 5) is 7.50. The summed E-state index contributed by atoms with van der Waals surface area (Å²) in [5, 5.41) is 0. The molecule has 0 radical (unpaired) electrons. The summed E-state index contributed by atoms with van der Waals surface area (Å²) >= 11 is 0. The van der Waals surface area contributed by atoms with Gasteiger partial charge >= 0.3 is 0 Å². The Morgan fingerprint density at radius 1 is 1.09 bits per heavy atom. The maximum atomic E-state index is 2.56. The van der Waals surface area contributed by atoms with Gasteiger partial charge in [-0.3, -0.25) is 0 Å². The fourth-order valence-electron chi connectivity index (χ4n) is 3.19. The molecule has 2 aliphatic rings. The van der Waals surface area contributed by atoms with Crippen LogP contribution in [0.2, 0.25) is 0 Å². The van der Waals surface area contributed by atoms with Crippen LogP contribution < -0.4 is 0 Å². The van der Waals surface area contributed by atoms with E-state index in [4.69, 9.17) is 0 Å². The summed E-state index contributed by atoms with van der Waals surface area (Å²) in [6, 6.07) is 0.715. The molecule has 1 fully saturated rings. The quantitative estimate of drug-likeness (QED) is 0.705. The van der Waals surface area contributed by atoms with Crippen LogP contribution in [0.4, 0.5) is 0 Å². The van der Waals surface area contributed by atoms with Crippen molar-refractivity contribution >= 4 is 0 Å². The standard InChI is InChI=1S/C18H33N3.C2H6/c1-15(2)21-13-17(14-21)12-19(4)10-11-20(5)18-8-6-16(3)7-9-18;1-2/h6,8,15,17H,7,9-14H2,1-5H3;1-2H3. The molecule has 0 atom stereocenters. The van der Waals surface area contributed by atoms with Gasteiger partial charge in [-0.25, -0.2) is 0 Å². The first-order chi connectivity index (χ1) is 11.0. The second-order valence-electron chi connectivity index (χ2n) is 7.27. The van der Waals surface area contributed by atoms with Gasteiger partial charge in [0.15, 0.2) is 0 Å². The van der Waals surface area contributed by atoms with Crippen molar-refractivity contribution in [3.63, 3.8) is 0 Å². The molecule has 3 nitrogen and oxygen atoms in total. The van der Waals surface area contributed by atoms with E-state index in [0.29, 0.717) is 6.04 Å². The monoisotopic (exact) mass is 321 g/mol. The van der Waals surface area contributed by atoms with Crippen LogP contribution in [0.1, 0.15) is 47.5 Å². The predicted octanol–water partition coefficient (Wildman–Crippen LogP) is 3.84. The molecule has 0 saturated carbocycles. The van der Waals surface area contributed by atoms with Crippen molar-refractivity contribution in [2.75, 3.05) is 46.8 Å². The SMILES string of the molecule is CC.CC1=CC=C(N(C)CCN(C)CC2CN(C(C)C)C2)CC1. The van der Waals surface area contributed by atoms with Gasteiger partial charge in [0.2, 0.25) is 0 Å². The molecule has 2 rings (SSSR count). The Morgan fingerprint density at radius 3 is 2.26 bits per heavy atom. The van der Waals surface area contributed by atoms with Gasteiger partial charge in [-0.05, 0) is 52.7 Å². The van der Waals surface area contributed by atoms with Gasteiger partial charge in [0.25, 0.3) is 0 Å². The van der Waals surface area contributed by atoms with Gasteiger partial charge in [0.05, 0.1) is 0 Å². The summed E-state index contributed by atoms with van der Waals surface area (Å²) in [7, 11) is 4.50. The Bertz CT molecular complexity index is 392. The van der Waals surface area contributed by atoms with Gasteiger partial charge in [-0.1, -0.05) is 25.5 Å². The highest BCUT2D eigenvalue weighted by Crippen LogP contribution is 2.21. The molecule has 0 aromatic rings. The summed E-state index contributed by atoms with van der Waals surface area (Å²) in [6.07, 6.45) is 6.99. The number of hydrogen-bond acceptors (Lipinski definition) is 3. The lowest BCUT2D eigenvalue weighted by Gasteiger charge is -2.43. The normalized spacial score (nSPS) is 19.0. The third-order valence-electron chi connectivity index (χ3n) is 4.93. The third kappa shape index (κ3) is 6.68. The fraction of sp³-hybridized carbons (Fsp3) is 0.800. The smallest absolute Gasteiger partial charge is 0.0299 e. The summed E-state index contributed by atoms with van der Waals surface area (Å²) in [5.41, 5.74) is 2.99. The second kappa shape index (κ2) is 10.1. The number of likely N-dealkylation sites (N-methyl/N-ethyl adjacent to an activating group) is 2. The van der Waals surface area contributed by atoms with Gasteiger partial charge < -0.3 is 14.7 Å². The van der Waals surface area contributed by atoms with Crippen molar-refractivity contribution in [1.29, 1.82) is 0 Å². The molecular formula is C20H39N3. The number of allylic oxidation sites excluding steroid dienone is 4. The van der Waals surface area contributed by atoms with Gasteiger partial charge in [0.1, 0.15) is 0 Å². The number of nitrogens with zero attached hydrogens (tertiary/aromatic N) is 3. The maximum Gasteiger partial charge on any atom is 0.0299 e. The minimum atomic E-state index is 0.715. The van der Waals surface area contributed by atoms with E-state index in [2.05, 4.69) is 61.7 Å². The van der Waals surface area contributed by atoms with Crippen LogP contribution in [0.15, 0.2) is 23.4 Å². The first kappa shape index (κ1) is 20.2. The molecule has 1 aliphatic heterocycles. The van der Waals surface area contributed by atoms with E-state index >= 15 is 0 Å². The minimum absolute atomic E-state index is 0.715. The van der Waals surface area contributed by atoms with Crippen LogP contribution in [0, 0.1) is 5.92 Å². The van der Waals surface area contributed by atoms with Crippen molar-refractivity contribution in [2.24, 2.45) is 5.92 Å². The molecule has 0 amide bonds. The van der Waals surface area contributed by atoms with E-state index in [-0.39, 0.29) is 0 Å². The largest absolute Gasteiger partial charge is 0.377 e. The predicted molar refractivity (Wildman–Crippen MR) is 103 cm³/mol. The lowest BCUT2D eigenvalue weighted by Crippen LogP contribution is -2.53. The molecule has 1 saturated heterocycles. The summed E-state index contributed by atoms with van der Waals surface area (Å²) in [6.45, 7) is 16.9. The van der Waals surface area contributed by atoms with Gasteiger partial charge in [-0.2, -0.15) is 0 Å². The van der Waals surface area contributed by atoms with Crippen molar-refractivity contribution in [3.05, 3.63) is 23.4 Å². The lowest BCUT2D eigenvalue weighted by atomic mass is 9.98. The third-order valence-corrected chi connectivity index (χ3v) is 4.93. The molecule has 0 aromatic carbocycles. The number of rotatable bonds is 7. The first-order valence-corrected chi connectivity index (χ1v) is 9.45. The second-order valence-corrected chi connectivity index (χ2v) is 7.27.